The van der Waals surface area contributed by atoms with Crippen molar-refractivity contribution in [2.24, 2.45) is 0 Å². The van der Waals surface area contributed by atoms with Gasteiger partial charge in [-0.1, -0.05) is 37.1 Å². The molecule has 150 valence electrons. The molecule has 0 spiro atoms. The number of benzene rings is 2. The first-order valence-corrected chi connectivity index (χ1v) is 9.57. The Bertz CT molecular complexity index is 928. The van der Waals surface area contributed by atoms with Crippen LogP contribution in [-0.4, -0.2) is 46.7 Å². The number of nitrogens with zero attached hydrogens (tertiary/aromatic N) is 2. The summed E-state index contributed by atoms with van der Waals surface area (Å²) in [5, 5.41) is 0.460. The molecular formula is C22H22N2O5. The van der Waals surface area contributed by atoms with Crippen molar-refractivity contribution < 1.29 is 24.0 Å². The molecule has 0 bridgehead atoms. The van der Waals surface area contributed by atoms with Gasteiger partial charge in [0.05, 0.1) is 16.7 Å². The highest BCUT2D eigenvalue weighted by molar-refractivity contribution is 6.21. The number of imide groups is 1. The molecular weight excluding hydrogens is 372 g/mol. The molecule has 0 saturated carbocycles. The van der Waals surface area contributed by atoms with E-state index in [1.807, 2.05) is 13.8 Å². The monoisotopic (exact) mass is 394 g/mol. The summed E-state index contributed by atoms with van der Waals surface area (Å²) in [5.41, 5.74) is 0.803. The smallest absolute Gasteiger partial charge is 0.339 e. The van der Waals surface area contributed by atoms with Crippen LogP contribution in [0, 0.1) is 0 Å². The Kier molecular flexibility index (Phi) is 6.07. The second-order valence-electron chi connectivity index (χ2n) is 6.70. The fourth-order valence-electron chi connectivity index (χ4n) is 3.20. The van der Waals surface area contributed by atoms with Crippen LogP contribution >= 0.6 is 0 Å². The van der Waals surface area contributed by atoms with Gasteiger partial charge in [-0.15, -0.1) is 0 Å². The Hall–Kier alpha value is -3.48. The molecule has 29 heavy (non-hydrogen) atoms. The first-order chi connectivity index (χ1) is 14.0. The average molecular weight is 394 g/mol. The van der Waals surface area contributed by atoms with Gasteiger partial charge in [0.2, 0.25) is 0 Å². The summed E-state index contributed by atoms with van der Waals surface area (Å²) in [6.07, 6.45) is 1.65. The van der Waals surface area contributed by atoms with Crippen molar-refractivity contribution in [1.29, 1.82) is 0 Å². The number of fused-ring (bicyclic) bond motifs is 1. The fourth-order valence-corrected chi connectivity index (χ4v) is 3.20. The topological polar surface area (TPSA) is 84.0 Å². The number of hydroxylamine groups is 2. The number of hydrogen-bond donors (Lipinski definition) is 0. The van der Waals surface area contributed by atoms with Crippen molar-refractivity contribution >= 4 is 23.7 Å². The van der Waals surface area contributed by atoms with E-state index in [1.54, 1.807) is 29.2 Å². The summed E-state index contributed by atoms with van der Waals surface area (Å²) in [4.78, 5) is 56.8. The highest BCUT2D eigenvalue weighted by atomic mass is 16.7. The van der Waals surface area contributed by atoms with Gasteiger partial charge in [0.15, 0.2) is 0 Å². The van der Waals surface area contributed by atoms with Crippen LogP contribution in [0.2, 0.25) is 0 Å². The molecule has 0 saturated heterocycles. The van der Waals surface area contributed by atoms with Gasteiger partial charge in [-0.3, -0.25) is 14.4 Å². The second-order valence-corrected chi connectivity index (χ2v) is 6.70. The van der Waals surface area contributed by atoms with Crippen LogP contribution in [-0.2, 0) is 4.84 Å². The highest BCUT2D eigenvalue weighted by Crippen LogP contribution is 2.23. The standard InChI is InChI=1S/C22H22N2O5/c1-3-12-23(13-4-2)19(25)15-8-7-9-16(14-15)22(28)29-24-20(26)17-10-5-6-11-18(17)21(24)27/h5-11,14H,3-4,12-13H2,1-2H3. The largest absolute Gasteiger partial charge is 0.363 e. The van der Waals surface area contributed by atoms with Crippen LogP contribution in [0.15, 0.2) is 48.5 Å². The Morgan fingerprint density at radius 2 is 1.41 bits per heavy atom. The third-order valence-electron chi connectivity index (χ3n) is 4.55. The van der Waals surface area contributed by atoms with E-state index in [1.165, 1.54) is 24.3 Å². The summed E-state index contributed by atoms with van der Waals surface area (Å²) in [6, 6.07) is 12.3. The maximum absolute atomic E-state index is 12.8. The lowest BCUT2D eigenvalue weighted by Crippen LogP contribution is -2.33. The number of carbonyl (C=O) groups excluding carboxylic acids is 4. The summed E-state index contributed by atoms with van der Waals surface area (Å²) in [6.45, 7) is 5.23. The lowest BCUT2D eigenvalue weighted by atomic mass is 10.1. The van der Waals surface area contributed by atoms with Crippen molar-refractivity contribution in [2.75, 3.05) is 13.1 Å². The predicted octanol–water partition coefficient (Wildman–Crippen LogP) is 3.32. The van der Waals surface area contributed by atoms with Gasteiger partial charge in [-0.05, 0) is 43.2 Å². The molecule has 7 nitrogen and oxygen atoms in total. The first-order valence-electron chi connectivity index (χ1n) is 9.57. The molecule has 0 fully saturated rings. The van der Waals surface area contributed by atoms with Gasteiger partial charge in [0, 0.05) is 18.7 Å². The molecule has 3 amide bonds. The van der Waals surface area contributed by atoms with Gasteiger partial charge in [-0.2, -0.15) is 0 Å². The third-order valence-corrected chi connectivity index (χ3v) is 4.55. The lowest BCUT2D eigenvalue weighted by Gasteiger charge is -2.21. The summed E-state index contributed by atoms with van der Waals surface area (Å²) in [7, 11) is 0. The van der Waals surface area contributed by atoms with Gasteiger partial charge in [0.25, 0.3) is 17.7 Å². The SMILES string of the molecule is CCCN(CCC)C(=O)c1cccc(C(=O)ON2C(=O)c3ccccc3C2=O)c1. The van der Waals surface area contributed by atoms with Gasteiger partial charge in [-0.25, -0.2) is 4.79 Å². The zero-order valence-corrected chi connectivity index (χ0v) is 16.4. The van der Waals surface area contributed by atoms with Crippen LogP contribution in [0.1, 0.15) is 68.1 Å². The van der Waals surface area contributed by atoms with Gasteiger partial charge < -0.3 is 9.74 Å². The minimum absolute atomic E-state index is 0.0837. The van der Waals surface area contributed by atoms with Crippen LogP contribution in [0.4, 0.5) is 0 Å². The van der Waals surface area contributed by atoms with E-state index < -0.39 is 17.8 Å². The van der Waals surface area contributed by atoms with E-state index in [-0.39, 0.29) is 22.6 Å². The van der Waals surface area contributed by atoms with Crippen LogP contribution in [0.25, 0.3) is 0 Å². The molecule has 3 rings (SSSR count). The highest BCUT2D eigenvalue weighted by Gasteiger charge is 2.38. The number of carbonyl (C=O) groups is 4. The zero-order valence-electron chi connectivity index (χ0n) is 16.4. The van der Waals surface area contributed by atoms with Crippen LogP contribution in [0.5, 0.6) is 0 Å². The van der Waals surface area contributed by atoms with Crippen molar-refractivity contribution in [3.05, 3.63) is 70.8 Å². The van der Waals surface area contributed by atoms with E-state index in [2.05, 4.69) is 0 Å². The van der Waals surface area contributed by atoms with Crippen LogP contribution in [0.3, 0.4) is 0 Å². The fraction of sp³-hybridized carbons (Fsp3) is 0.273. The van der Waals surface area contributed by atoms with Crippen molar-refractivity contribution in [2.45, 2.75) is 26.7 Å². The average Bonchev–Trinajstić information content (AvgIpc) is 2.98. The molecule has 1 heterocycles. The number of amides is 3. The first kappa shape index (κ1) is 20.3. The van der Waals surface area contributed by atoms with Crippen LogP contribution < -0.4 is 0 Å². The molecule has 0 atom stereocenters. The normalized spacial score (nSPS) is 12.7. The quantitative estimate of drug-likeness (QED) is 0.673. The Morgan fingerprint density at radius 1 is 0.862 bits per heavy atom. The zero-order chi connectivity index (χ0) is 21.0. The molecule has 2 aromatic carbocycles. The predicted molar refractivity (Wildman–Crippen MR) is 105 cm³/mol. The molecule has 0 N–H and O–H groups in total. The molecule has 0 radical (unpaired) electrons. The summed E-state index contributed by atoms with van der Waals surface area (Å²) < 4.78 is 0. The maximum atomic E-state index is 12.8. The van der Waals surface area contributed by atoms with E-state index >= 15 is 0 Å². The molecule has 0 aliphatic carbocycles. The minimum atomic E-state index is -0.883. The van der Waals surface area contributed by atoms with E-state index in [0.717, 1.165) is 12.8 Å². The molecule has 1 aliphatic rings. The second kappa shape index (κ2) is 8.68. The summed E-state index contributed by atoms with van der Waals surface area (Å²) >= 11 is 0. The van der Waals surface area contributed by atoms with E-state index in [0.29, 0.717) is 23.7 Å². The lowest BCUT2D eigenvalue weighted by molar-refractivity contribution is -0.0584. The minimum Gasteiger partial charge on any atom is -0.339 e. The Labute approximate surface area is 168 Å². The summed E-state index contributed by atoms with van der Waals surface area (Å²) in [5.74, 6) is -2.44. The third kappa shape index (κ3) is 4.03. The number of hydrogen-bond acceptors (Lipinski definition) is 5. The van der Waals surface area contributed by atoms with Crippen molar-refractivity contribution in [3.8, 4) is 0 Å². The van der Waals surface area contributed by atoms with Crippen molar-refractivity contribution in [3.63, 3.8) is 0 Å². The molecule has 2 aromatic rings. The van der Waals surface area contributed by atoms with Crippen molar-refractivity contribution in [1.82, 2.24) is 9.96 Å². The molecule has 1 aliphatic heterocycles. The molecule has 7 heteroatoms. The molecule has 0 unspecified atom stereocenters. The Balaban J connectivity index is 1.77. The maximum Gasteiger partial charge on any atom is 0.363 e. The van der Waals surface area contributed by atoms with E-state index in [9.17, 15) is 19.2 Å². The number of rotatable bonds is 7. The van der Waals surface area contributed by atoms with Gasteiger partial charge in [0.1, 0.15) is 0 Å². The molecule has 0 aromatic heterocycles. The van der Waals surface area contributed by atoms with Gasteiger partial charge >= 0.3 is 5.97 Å². The Morgan fingerprint density at radius 3 is 1.97 bits per heavy atom. The van der Waals surface area contributed by atoms with E-state index in [4.69, 9.17) is 4.84 Å².